The molecule has 0 aliphatic heterocycles. The van der Waals surface area contributed by atoms with E-state index in [2.05, 4.69) is 0 Å². The van der Waals surface area contributed by atoms with Gasteiger partial charge in [0, 0.05) is 13.5 Å². The molecule has 0 heterocycles. The molecule has 88 valence electrons. The normalized spacial score (nSPS) is 10.1. The van der Waals surface area contributed by atoms with E-state index in [1.54, 1.807) is 7.11 Å². The van der Waals surface area contributed by atoms with Gasteiger partial charge in [0.15, 0.2) is 6.79 Å². The average molecular weight is 224 g/mol. The van der Waals surface area contributed by atoms with Gasteiger partial charge in [-0.05, 0) is 30.5 Å². The molecule has 0 amide bonds. The second-order valence-electron chi connectivity index (χ2n) is 3.44. The van der Waals surface area contributed by atoms with Crippen LogP contribution < -0.4 is 4.74 Å². The number of aryl methyl sites for hydroxylation is 1. The highest BCUT2D eigenvalue weighted by molar-refractivity contribution is 5.66. The summed E-state index contributed by atoms with van der Waals surface area (Å²) >= 11 is 0. The zero-order valence-corrected chi connectivity index (χ0v) is 9.31. The van der Waals surface area contributed by atoms with Crippen molar-refractivity contribution in [1.82, 2.24) is 0 Å². The summed E-state index contributed by atoms with van der Waals surface area (Å²) in [4.78, 5) is 10.3. The number of rotatable bonds is 7. The van der Waals surface area contributed by atoms with E-state index in [0.29, 0.717) is 6.42 Å². The van der Waals surface area contributed by atoms with Crippen LogP contribution in [0.25, 0.3) is 0 Å². The standard InChI is InChI=1S/C12H16O4/c1-15-9-16-11-7-5-10(6-8-11)3-2-4-12(13)14/h5-8H,2-4,9H2,1H3,(H,13,14). The fraction of sp³-hybridized carbons (Fsp3) is 0.417. The van der Waals surface area contributed by atoms with Crippen LogP contribution in [0.4, 0.5) is 0 Å². The molecule has 1 rings (SSSR count). The van der Waals surface area contributed by atoms with Crippen molar-refractivity contribution in [3.63, 3.8) is 0 Å². The third-order valence-corrected chi connectivity index (χ3v) is 2.12. The number of aliphatic carboxylic acids is 1. The number of ether oxygens (including phenoxy) is 2. The quantitative estimate of drug-likeness (QED) is 0.720. The van der Waals surface area contributed by atoms with Crippen LogP contribution >= 0.6 is 0 Å². The Morgan fingerprint density at radius 1 is 1.31 bits per heavy atom. The monoisotopic (exact) mass is 224 g/mol. The predicted molar refractivity (Wildman–Crippen MR) is 59.5 cm³/mol. The predicted octanol–water partition coefficient (Wildman–Crippen LogP) is 2.08. The molecule has 0 radical (unpaired) electrons. The van der Waals surface area contributed by atoms with E-state index >= 15 is 0 Å². The number of methoxy groups -OCH3 is 1. The molecule has 0 aliphatic rings. The molecular formula is C12H16O4. The van der Waals surface area contributed by atoms with Crippen molar-refractivity contribution in [1.29, 1.82) is 0 Å². The van der Waals surface area contributed by atoms with Crippen molar-refractivity contribution in [2.24, 2.45) is 0 Å². The lowest BCUT2D eigenvalue weighted by Crippen LogP contribution is -1.99. The van der Waals surface area contributed by atoms with Crippen LogP contribution in [0.5, 0.6) is 5.75 Å². The van der Waals surface area contributed by atoms with Gasteiger partial charge < -0.3 is 14.6 Å². The highest BCUT2D eigenvalue weighted by Gasteiger charge is 1.99. The van der Waals surface area contributed by atoms with Gasteiger partial charge in [0.2, 0.25) is 0 Å². The second-order valence-corrected chi connectivity index (χ2v) is 3.44. The van der Waals surface area contributed by atoms with E-state index in [9.17, 15) is 4.79 Å². The fourth-order valence-corrected chi connectivity index (χ4v) is 1.32. The highest BCUT2D eigenvalue weighted by atomic mass is 16.7. The smallest absolute Gasteiger partial charge is 0.303 e. The molecule has 4 heteroatoms. The first-order valence-corrected chi connectivity index (χ1v) is 5.15. The Kier molecular flexibility index (Phi) is 5.36. The van der Waals surface area contributed by atoms with Gasteiger partial charge in [-0.15, -0.1) is 0 Å². The Morgan fingerprint density at radius 2 is 2.00 bits per heavy atom. The Hall–Kier alpha value is -1.55. The lowest BCUT2D eigenvalue weighted by Gasteiger charge is -2.05. The molecule has 0 unspecified atom stereocenters. The SMILES string of the molecule is COCOc1ccc(CCCC(=O)O)cc1. The summed E-state index contributed by atoms with van der Waals surface area (Å²) in [5.74, 6) is 0.00360. The van der Waals surface area contributed by atoms with Crippen molar-refractivity contribution in [2.45, 2.75) is 19.3 Å². The lowest BCUT2D eigenvalue weighted by atomic mass is 10.1. The molecule has 16 heavy (non-hydrogen) atoms. The van der Waals surface area contributed by atoms with Crippen LogP contribution in [0.2, 0.25) is 0 Å². The van der Waals surface area contributed by atoms with Gasteiger partial charge in [0.1, 0.15) is 5.75 Å². The maximum atomic E-state index is 10.3. The summed E-state index contributed by atoms with van der Waals surface area (Å²) < 4.78 is 10.0. The van der Waals surface area contributed by atoms with Gasteiger partial charge in [-0.2, -0.15) is 0 Å². The minimum Gasteiger partial charge on any atom is -0.481 e. The Labute approximate surface area is 94.8 Å². The van der Waals surface area contributed by atoms with Gasteiger partial charge in [0.25, 0.3) is 0 Å². The first-order chi connectivity index (χ1) is 7.72. The van der Waals surface area contributed by atoms with Crippen molar-refractivity contribution >= 4 is 5.97 Å². The fourth-order valence-electron chi connectivity index (χ4n) is 1.32. The van der Waals surface area contributed by atoms with Gasteiger partial charge >= 0.3 is 5.97 Å². The lowest BCUT2D eigenvalue weighted by molar-refractivity contribution is -0.137. The van der Waals surface area contributed by atoms with E-state index in [1.165, 1.54) is 0 Å². The summed E-state index contributed by atoms with van der Waals surface area (Å²) in [5.41, 5.74) is 1.12. The highest BCUT2D eigenvalue weighted by Crippen LogP contribution is 2.13. The second kappa shape index (κ2) is 6.85. The maximum Gasteiger partial charge on any atom is 0.303 e. The zero-order chi connectivity index (χ0) is 11.8. The van der Waals surface area contributed by atoms with Crippen molar-refractivity contribution in [3.05, 3.63) is 29.8 Å². The molecule has 1 N–H and O–H groups in total. The first-order valence-electron chi connectivity index (χ1n) is 5.15. The number of hydrogen-bond donors (Lipinski definition) is 1. The maximum absolute atomic E-state index is 10.3. The van der Waals surface area contributed by atoms with Crippen molar-refractivity contribution in [3.8, 4) is 5.75 Å². The van der Waals surface area contributed by atoms with Crippen LogP contribution in [-0.2, 0) is 16.0 Å². The van der Waals surface area contributed by atoms with Gasteiger partial charge in [-0.3, -0.25) is 4.79 Å². The Balaban J connectivity index is 2.36. The van der Waals surface area contributed by atoms with Gasteiger partial charge in [-0.25, -0.2) is 0 Å². The van der Waals surface area contributed by atoms with Crippen LogP contribution in [-0.4, -0.2) is 25.0 Å². The average Bonchev–Trinajstić information content (AvgIpc) is 2.27. The molecule has 0 saturated heterocycles. The summed E-state index contributed by atoms with van der Waals surface area (Å²) in [7, 11) is 1.57. The third-order valence-electron chi connectivity index (χ3n) is 2.12. The van der Waals surface area contributed by atoms with Crippen molar-refractivity contribution in [2.75, 3.05) is 13.9 Å². The summed E-state index contributed by atoms with van der Waals surface area (Å²) in [6, 6.07) is 7.59. The minimum atomic E-state index is -0.750. The zero-order valence-electron chi connectivity index (χ0n) is 9.31. The number of carboxylic acid groups (broad SMARTS) is 1. The molecule has 1 aromatic rings. The third kappa shape index (κ3) is 4.79. The van der Waals surface area contributed by atoms with Crippen molar-refractivity contribution < 1.29 is 19.4 Å². The van der Waals surface area contributed by atoms with Gasteiger partial charge in [-0.1, -0.05) is 12.1 Å². The van der Waals surface area contributed by atoms with E-state index in [-0.39, 0.29) is 13.2 Å². The van der Waals surface area contributed by atoms with E-state index in [4.69, 9.17) is 14.6 Å². The molecule has 0 spiro atoms. The van der Waals surface area contributed by atoms with Crippen LogP contribution in [0.3, 0.4) is 0 Å². The largest absolute Gasteiger partial charge is 0.481 e. The van der Waals surface area contributed by atoms with Gasteiger partial charge in [0.05, 0.1) is 0 Å². The molecule has 0 aliphatic carbocycles. The first kappa shape index (κ1) is 12.5. The van der Waals surface area contributed by atoms with Crippen LogP contribution in [0.1, 0.15) is 18.4 Å². The van der Waals surface area contributed by atoms with E-state index < -0.39 is 5.97 Å². The van der Waals surface area contributed by atoms with Crippen LogP contribution in [0, 0.1) is 0 Å². The Bertz CT molecular complexity index is 318. The number of carbonyl (C=O) groups is 1. The summed E-state index contributed by atoms with van der Waals surface area (Å²) in [5, 5.41) is 8.50. The Morgan fingerprint density at radius 3 is 2.56 bits per heavy atom. The number of benzene rings is 1. The molecular weight excluding hydrogens is 208 g/mol. The molecule has 0 fully saturated rings. The van der Waals surface area contributed by atoms with E-state index in [0.717, 1.165) is 17.7 Å². The summed E-state index contributed by atoms with van der Waals surface area (Å²) in [6.07, 6.45) is 1.65. The topological polar surface area (TPSA) is 55.8 Å². The molecule has 4 nitrogen and oxygen atoms in total. The molecule has 0 atom stereocenters. The number of carboxylic acids is 1. The minimum absolute atomic E-state index is 0.210. The molecule has 1 aromatic carbocycles. The van der Waals surface area contributed by atoms with Crippen LogP contribution in [0.15, 0.2) is 24.3 Å². The molecule has 0 bridgehead atoms. The van der Waals surface area contributed by atoms with E-state index in [1.807, 2.05) is 24.3 Å². The number of hydrogen-bond acceptors (Lipinski definition) is 3. The summed E-state index contributed by atoms with van der Waals surface area (Å²) in [6.45, 7) is 0.234. The molecule has 0 saturated carbocycles. The molecule has 0 aromatic heterocycles.